The normalized spacial score (nSPS) is 15.6. The van der Waals surface area contributed by atoms with Crippen LogP contribution in [0.4, 0.5) is 5.69 Å². The van der Waals surface area contributed by atoms with E-state index in [2.05, 4.69) is 10.6 Å². The molecule has 0 aliphatic carbocycles. The molecule has 0 bridgehead atoms. The van der Waals surface area contributed by atoms with Gasteiger partial charge in [-0.2, -0.15) is 0 Å². The Morgan fingerprint density at radius 1 is 1.00 bits per heavy atom. The van der Waals surface area contributed by atoms with Crippen LogP contribution in [0.2, 0.25) is 0 Å². The summed E-state index contributed by atoms with van der Waals surface area (Å²) in [5.41, 5.74) is 3.88. The third-order valence-electron chi connectivity index (χ3n) is 6.68. The monoisotopic (exact) mass is 497 g/mol. The van der Waals surface area contributed by atoms with Gasteiger partial charge in [-0.05, 0) is 61.0 Å². The number of carbonyl (C=O) groups is 1. The molecule has 1 amide bonds. The standard InChI is InChI=1S/C30H31N3O4/c1-4-7-21-10-15-27(28(18-21)36-3)37-17-16-32-26-9-6-5-8-25(26)31-30(32)22-19-29(34)33(20-22)23-11-13-24(35-2)14-12-23/h4-15,18,22H,16-17,19-20H2,1-3H3. The molecule has 0 spiro atoms. The second kappa shape index (κ2) is 10.8. The summed E-state index contributed by atoms with van der Waals surface area (Å²) in [4.78, 5) is 19.8. The zero-order valence-electron chi connectivity index (χ0n) is 21.4. The minimum absolute atomic E-state index is 0.0170. The molecule has 0 N–H and O–H groups in total. The lowest BCUT2D eigenvalue weighted by Crippen LogP contribution is -2.24. The number of rotatable bonds is 9. The van der Waals surface area contributed by atoms with Crippen LogP contribution in [0.3, 0.4) is 0 Å². The van der Waals surface area contributed by atoms with Gasteiger partial charge in [0.15, 0.2) is 11.5 Å². The van der Waals surface area contributed by atoms with E-state index in [1.807, 2.05) is 84.6 Å². The topological polar surface area (TPSA) is 65.8 Å². The average molecular weight is 498 g/mol. The Labute approximate surface area is 216 Å². The summed E-state index contributed by atoms with van der Waals surface area (Å²) in [6, 6.07) is 21.6. The van der Waals surface area contributed by atoms with E-state index in [-0.39, 0.29) is 11.8 Å². The molecule has 1 aliphatic rings. The minimum atomic E-state index is -0.0170. The largest absolute Gasteiger partial charge is 0.497 e. The summed E-state index contributed by atoms with van der Waals surface area (Å²) in [5.74, 6) is 3.14. The first-order valence-corrected chi connectivity index (χ1v) is 12.4. The van der Waals surface area contributed by atoms with Crippen LogP contribution in [0.1, 0.15) is 30.7 Å². The Balaban J connectivity index is 1.37. The highest BCUT2D eigenvalue weighted by atomic mass is 16.5. The minimum Gasteiger partial charge on any atom is -0.497 e. The fraction of sp³-hybridized carbons (Fsp3) is 0.267. The highest BCUT2D eigenvalue weighted by Gasteiger charge is 2.34. The lowest BCUT2D eigenvalue weighted by atomic mass is 10.1. The Hall–Kier alpha value is -4.26. The van der Waals surface area contributed by atoms with Gasteiger partial charge in [0.25, 0.3) is 0 Å². The molecule has 1 fully saturated rings. The zero-order valence-corrected chi connectivity index (χ0v) is 21.4. The highest BCUT2D eigenvalue weighted by molar-refractivity contribution is 5.96. The first kappa shape index (κ1) is 24.4. The van der Waals surface area contributed by atoms with Crippen molar-refractivity contribution in [2.45, 2.75) is 25.8 Å². The van der Waals surface area contributed by atoms with Crippen molar-refractivity contribution in [3.05, 3.63) is 84.2 Å². The molecule has 2 heterocycles. The van der Waals surface area contributed by atoms with E-state index < -0.39 is 0 Å². The Morgan fingerprint density at radius 3 is 2.57 bits per heavy atom. The van der Waals surface area contributed by atoms with Gasteiger partial charge in [0, 0.05) is 24.6 Å². The van der Waals surface area contributed by atoms with Crippen molar-refractivity contribution in [2.75, 3.05) is 32.3 Å². The fourth-order valence-electron chi connectivity index (χ4n) is 4.88. The molecule has 5 rings (SSSR count). The van der Waals surface area contributed by atoms with Crippen molar-refractivity contribution in [2.24, 2.45) is 0 Å². The van der Waals surface area contributed by atoms with Crippen molar-refractivity contribution >= 4 is 28.7 Å². The Bertz CT molecular complexity index is 1420. The quantitative estimate of drug-likeness (QED) is 0.297. The lowest BCUT2D eigenvalue weighted by molar-refractivity contribution is -0.117. The average Bonchev–Trinajstić information content (AvgIpc) is 3.50. The third kappa shape index (κ3) is 5.03. The Kier molecular flexibility index (Phi) is 7.12. The van der Waals surface area contributed by atoms with Gasteiger partial charge >= 0.3 is 0 Å². The molecule has 7 nitrogen and oxygen atoms in total. The smallest absolute Gasteiger partial charge is 0.227 e. The summed E-state index contributed by atoms with van der Waals surface area (Å²) < 4.78 is 19.1. The van der Waals surface area contributed by atoms with E-state index in [1.54, 1.807) is 14.2 Å². The molecule has 1 unspecified atom stereocenters. The maximum atomic E-state index is 13.0. The predicted octanol–water partition coefficient (Wildman–Crippen LogP) is 5.69. The molecule has 0 saturated carbocycles. The molecular weight excluding hydrogens is 466 g/mol. The van der Waals surface area contributed by atoms with Crippen LogP contribution in [-0.4, -0.2) is 42.8 Å². The maximum Gasteiger partial charge on any atom is 0.227 e. The Morgan fingerprint density at radius 2 is 1.81 bits per heavy atom. The van der Waals surface area contributed by atoms with Crippen molar-refractivity contribution < 1.29 is 19.0 Å². The number of para-hydroxylation sites is 2. The van der Waals surface area contributed by atoms with Crippen molar-refractivity contribution in [3.63, 3.8) is 0 Å². The van der Waals surface area contributed by atoms with Crippen molar-refractivity contribution in [3.8, 4) is 17.2 Å². The molecule has 37 heavy (non-hydrogen) atoms. The number of imidazole rings is 1. The second-order valence-corrected chi connectivity index (χ2v) is 8.97. The first-order valence-electron chi connectivity index (χ1n) is 12.4. The van der Waals surface area contributed by atoms with Gasteiger partial charge in [0.1, 0.15) is 18.2 Å². The van der Waals surface area contributed by atoms with E-state index >= 15 is 0 Å². The molecule has 1 atom stereocenters. The zero-order chi connectivity index (χ0) is 25.8. The summed E-state index contributed by atoms with van der Waals surface area (Å²) in [6.45, 7) is 3.60. The van der Waals surface area contributed by atoms with Gasteiger partial charge in [0.2, 0.25) is 5.91 Å². The molecular formula is C30H31N3O4. The van der Waals surface area contributed by atoms with Crippen LogP contribution in [0.15, 0.2) is 72.8 Å². The van der Waals surface area contributed by atoms with Crippen LogP contribution < -0.4 is 19.1 Å². The molecule has 1 aliphatic heterocycles. The number of nitrogens with zero attached hydrogens (tertiary/aromatic N) is 3. The maximum absolute atomic E-state index is 13.0. The van der Waals surface area contributed by atoms with Crippen LogP contribution in [0.25, 0.3) is 17.1 Å². The summed E-state index contributed by atoms with van der Waals surface area (Å²) >= 11 is 0. The molecule has 3 aromatic carbocycles. The van der Waals surface area contributed by atoms with E-state index in [0.717, 1.165) is 33.9 Å². The first-order chi connectivity index (χ1) is 18.1. The predicted molar refractivity (Wildman–Crippen MR) is 146 cm³/mol. The van der Waals surface area contributed by atoms with E-state index in [1.165, 1.54) is 0 Å². The summed E-state index contributed by atoms with van der Waals surface area (Å²) in [6.07, 6.45) is 4.43. The summed E-state index contributed by atoms with van der Waals surface area (Å²) in [5, 5.41) is 0. The third-order valence-corrected chi connectivity index (χ3v) is 6.68. The lowest BCUT2D eigenvalue weighted by Gasteiger charge is -2.18. The molecule has 4 aromatic rings. The number of amides is 1. The van der Waals surface area contributed by atoms with Gasteiger partial charge in [-0.25, -0.2) is 4.98 Å². The molecule has 1 aromatic heterocycles. The number of fused-ring (bicyclic) bond motifs is 1. The number of anilines is 1. The van der Waals surface area contributed by atoms with Crippen LogP contribution in [0.5, 0.6) is 17.2 Å². The number of hydrogen-bond donors (Lipinski definition) is 0. The van der Waals surface area contributed by atoms with Crippen molar-refractivity contribution in [1.29, 1.82) is 0 Å². The molecule has 0 radical (unpaired) electrons. The second-order valence-electron chi connectivity index (χ2n) is 8.97. The van der Waals surface area contributed by atoms with Gasteiger partial charge in [-0.3, -0.25) is 4.79 Å². The SMILES string of the molecule is CC=Cc1ccc(OCCn2c(C3CC(=O)N(c4ccc(OC)cc4)C3)nc3ccccc32)c(OC)c1. The number of hydrogen-bond acceptors (Lipinski definition) is 5. The van der Waals surface area contributed by atoms with E-state index in [9.17, 15) is 4.79 Å². The van der Waals surface area contributed by atoms with Crippen LogP contribution in [-0.2, 0) is 11.3 Å². The van der Waals surface area contributed by atoms with Crippen molar-refractivity contribution in [1.82, 2.24) is 9.55 Å². The fourth-order valence-corrected chi connectivity index (χ4v) is 4.88. The van der Waals surface area contributed by atoms with Gasteiger partial charge < -0.3 is 23.7 Å². The van der Waals surface area contributed by atoms with Crippen LogP contribution >= 0.6 is 0 Å². The number of methoxy groups -OCH3 is 2. The summed E-state index contributed by atoms with van der Waals surface area (Å²) in [7, 11) is 3.28. The number of carbonyl (C=O) groups excluding carboxylic acids is 1. The molecule has 190 valence electrons. The van der Waals surface area contributed by atoms with Crippen LogP contribution in [0, 0.1) is 0 Å². The van der Waals surface area contributed by atoms with Gasteiger partial charge in [-0.15, -0.1) is 0 Å². The van der Waals surface area contributed by atoms with Gasteiger partial charge in [0.05, 0.1) is 31.8 Å². The number of ether oxygens (including phenoxy) is 3. The van der Waals surface area contributed by atoms with Gasteiger partial charge in [-0.1, -0.05) is 30.4 Å². The molecule has 7 heteroatoms. The number of aromatic nitrogens is 2. The number of allylic oxidation sites excluding steroid dienone is 1. The van der Waals surface area contributed by atoms with E-state index in [0.29, 0.717) is 37.6 Å². The highest BCUT2D eigenvalue weighted by Crippen LogP contribution is 2.34. The molecule has 1 saturated heterocycles. The van der Waals surface area contributed by atoms with E-state index in [4.69, 9.17) is 19.2 Å². The number of benzene rings is 3.